The van der Waals surface area contributed by atoms with Crippen LogP contribution in [-0.4, -0.2) is 31.6 Å². The van der Waals surface area contributed by atoms with Crippen molar-refractivity contribution in [1.82, 2.24) is 14.8 Å². The zero-order valence-electron chi connectivity index (χ0n) is 15.3. The number of aliphatic imine (C=N–C) groups is 1. The molecule has 1 aromatic carbocycles. The van der Waals surface area contributed by atoms with Gasteiger partial charge in [0.15, 0.2) is 5.82 Å². The molecule has 0 amide bonds. The molecule has 4 rings (SSSR count). The first-order chi connectivity index (χ1) is 13.3. The maximum absolute atomic E-state index is 14.8. The number of aliphatic carboxylic acids is 1. The Morgan fingerprint density at radius 3 is 2.75 bits per heavy atom. The number of aromatic nitrogens is 3. The van der Waals surface area contributed by atoms with Crippen molar-refractivity contribution in [2.24, 2.45) is 4.99 Å². The van der Waals surface area contributed by atoms with Crippen LogP contribution in [0.15, 0.2) is 23.2 Å². The van der Waals surface area contributed by atoms with E-state index in [0.717, 1.165) is 21.0 Å². The molecule has 2 aromatic heterocycles. The summed E-state index contributed by atoms with van der Waals surface area (Å²) in [6.45, 7) is 5.74. The molecule has 144 valence electrons. The lowest BCUT2D eigenvalue weighted by molar-refractivity contribution is -0.137. The van der Waals surface area contributed by atoms with Crippen molar-refractivity contribution in [3.63, 3.8) is 0 Å². The molecular formula is C19H16ClFN4O2S. The fraction of sp³-hybridized carbons (Fsp3) is 0.263. The van der Waals surface area contributed by atoms with Gasteiger partial charge in [-0.15, -0.1) is 21.5 Å². The molecule has 3 heterocycles. The summed E-state index contributed by atoms with van der Waals surface area (Å²) in [4.78, 5) is 17.2. The third-order valence-electron chi connectivity index (χ3n) is 4.79. The highest BCUT2D eigenvalue weighted by Gasteiger charge is 2.33. The minimum atomic E-state index is -1.02. The van der Waals surface area contributed by atoms with Crippen LogP contribution < -0.4 is 0 Å². The van der Waals surface area contributed by atoms with Gasteiger partial charge in [-0.25, -0.2) is 4.39 Å². The number of hydrogen-bond donors (Lipinski definition) is 1. The van der Waals surface area contributed by atoms with Crippen molar-refractivity contribution in [3.05, 3.63) is 62.3 Å². The van der Waals surface area contributed by atoms with E-state index in [1.807, 2.05) is 18.4 Å². The lowest BCUT2D eigenvalue weighted by Crippen LogP contribution is -2.11. The Hall–Kier alpha value is -2.58. The van der Waals surface area contributed by atoms with Crippen LogP contribution in [0.5, 0.6) is 0 Å². The summed E-state index contributed by atoms with van der Waals surface area (Å²) in [5, 5.41) is 18.8. The number of carboxylic acids is 1. The van der Waals surface area contributed by atoms with E-state index < -0.39 is 17.8 Å². The van der Waals surface area contributed by atoms with Crippen LogP contribution in [0, 0.1) is 26.6 Å². The van der Waals surface area contributed by atoms with E-state index in [9.17, 15) is 14.3 Å². The summed E-state index contributed by atoms with van der Waals surface area (Å²) in [5.74, 6) is -0.466. The topological polar surface area (TPSA) is 80.4 Å². The first-order valence-electron chi connectivity index (χ1n) is 8.55. The summed E-state index contributed by atoms with van der Waals surface area (Å²) in [7, 11) is 0. The largest absolute Gasteiger partial charge is 0.481 e. The lowest BCUT2D eigenvalue weighted by Gasteiger charge is -2.11. The summed E-state index contributed by atoms with van der Waals surface area (Å²) in [5.41, 5.74) is 2.41. The molecule has 0 aliphatic carbocycles. The number of aryl methyl sites for hydroxylation is 2. The second-order valence-electron chi connectivity index (χ2n) is 6.62. The molecule has 1 atom stereocenters. The Labute approximate surface area is 169 Å². The maximum atomic E-state index is 14.8. The number of hydrogen-bond acceptors (Lipinski definition) is 5. The molecule has 3 aromatic rings. The average molecular weight is 419 g/mol. The van der Waals surface area contributed by atoms with Crippen molar-refractivity contribution in [2.45, 2.75) is 33.2 Å². The van der Waals surface area contributed by atoms with Crippen molar-refractivity contribution < 1.29 is 14.3 Å². The molecule has 0 radical (unpaired) electrons. The Balaban J connectivity index is 2.07. The summed E-state index contributed by atoms with van der Waals surface area (Å²) < 4.78 is 16.6. The van der Waals surface area contributed by atoms with Gasteiger partial charge in [0, 0.05) is 21.0 Å². The number of rotatable bonds is 3. The molecule has 0 saturated carbocycles. The molecule has 1 aliphatic heterocycles. The first-order valence-corrected chi connectivity index (χ1v) is 9.75. The number of halogens is 2. The predicted octanol–water partition coefficient (Wildman–Crippen LogP) is 4.41. The van der Waals surface area contributed by atoms with Crippen LogP contribution in [0.25, 0.3) is 5.00 Å². The van der Waals surface area contributed by atoms with Crippen molar-refractivity contribution in [1.29, 1.82) is 0 Å². The normalized spacial score (nSPS) is 15.6. The van der Waals surface area contributed by atoms with E-state index in [4.69, 9.17) is 11.6 Å². The van der Waals surface area contributed by atoms with E-state index in [1.165, 1.54) is 17.4 Å². The van der Waals surface area contributed by atoms with Gasteiger partial charge in [-0.05, 0) is 44.5 Å². The van der Waals surface area contributed by atoms with Gasteiger partial charge in [0.05, 0.1) is 12.1 Å². The van der Waals surface area contributed by atoms with Crippen LogP contribution in [-0.2, 0) is 4.79 Å². The predicted molar refractivity (Wildman–Crippen MR) is 105 cm³/mol. The highest BCUT2D eigenvalue weighted by molar-refractivity contribution is 7.15. The molecule has 0 spiro atoms. The van der Waals surface area contributed by atoms with Gasteiger partial charge in [0.25, 0.3) is 0 Å². The molecule has 1 unspecified atom stereocenters. The van der Waals surface area contributed by atoms with Gasteiger partial charge in [-0.2, -0.15) is 0 Å². The van der Waals surface area contributed by atoms with Gasteiger partial charge in [0.1, 0.15) is 22.7 Å². The fourth-order valence-corrected chi connectivity index (χ4v) is 4.73. The van der Waals surface area contributed by atoms with E-state index >= 15 is 0 Å². The van der Waals surface area contributed by atoms with Crippen LogP contribution in [0.1, 0.15) is 45.7 Å². The van der Waals surface area contributed by atoms with Gasteiger partial charge in [0.2, 0.25) is 0 Å². The minimum Gasteiger partial charge on any atom is -0.481 e. The highest BCUT2D eigenvalue weighted by Crippen LogP contribution is 2.39. The molecular weight excluding hydrogens is 403 g/mol. The number of carboxylic acid groups (broad SMARTS) is 1. The van der Waals surface area contributed by atoms with E-state index in [0.29, 0.717) is 17.4 Å². The smallest absolute Gasteiger partial charge is 0.306 e. The van der Waals surface area contributed by atoms with Crippen LogP contribution >= 0.6 is 22.9 Å². The Morgan fingerprint density at radius 1 is 1.32 bits per heavy atom. The van der Waals surface area contributed by atoms with Crippen molar-refractivity contribution >= 4 is 34.6 Å². The molecule has 6 nitrogen and oxygen atoms in total. The Morgan fingerprint density at radius 2 is 2.07 bits per heavy atom. The number of fused-ring (bicyclic) bond motifs is 3. The zero-order valence-corrected chi connectivity index (χ0v) is 16.9. The quantitative estimate of drug-likeness (QED) is 0.683. The van der Waals surface area contributed by atoms with Crippen LogP contribution in [0.4, 0.5) is 4.39 Å². The number of nitrogens with zero attached hydrogens (tertiary/aromatic N) is 4. The zero-order chi connectivity index (χ0) is 20.2. The standard InChI is InChI=1S/C19H16ClFN4O2S/c1-8-9(2)28-19-16(8)17(12-5-4-11(20)6-13(12)21)22-14(7-15(26)27)18-24-23-10(3)25(18)19/h4-6,14H,7H2,1-3H3,(H,26,27). The second kappa shape index (κ2) is 6.79. The Bertz CT molecular complexity index is 1150. The summed E-state index contributed by atoms with van der Waals surface area (Å²) >= 11 is 7.45. The third kappa shape index (κ3) is 2.93. The van der Waals surface area contributed by atoms with Gasteiger partial charge >= 0.3 is 5.97 Å². The molecule has 1 aliphatic rings. The molecule has 0 fully saturated rings. The van der Waals surface area contributed by atoms with Crippen LogP contribution in [0.3, 0.4) is 0 Å². The number of carbonyl (C=O) groups is 1. The third-order valence-corrected chi connectivity index (χ3v) is 6.22. The van der Waals surface area contributed by atoms with Gasteiger partial charge in [-0.3, -0.25) is 14.4 Å². The summed E-state index contributed by atoms with van der Waals surface area (Å²) in [6, 6.07) is 3.61. The van der Waals surface area contributed by atoms with Crippen molar-refractivity contribution in [2.75, 3.05) is 0 Å². The molecule has 0 saturated heterocycles. The Kier molecular flexibility index (Phi) is 4.55. The fourth-order valence-electron chi connectivity index (χ4n) is 3.36. The van der Waals surface area contributed by atoms with E-state index in [2.05, 4.69) is 15.2 Å². The van der Waals surface area contributed by atoms with Gasteiger partial charge in [-0.1, -0.05) is 11.6 Å². The average Bonchev–Trinajstić information content (AvgIpc) is 3.08. The molecule has 28 heavy (non-hydrogen) atoms. The summed E-state index contributed by atoms with van der Waals surface area (Å²) in [6.07, 6.45) is -0.274. The van der Waals surface area contributed by atoms with E-state index in [1.54, 1.807) is 19.1 Å². The SMILES string of the molecule is Cc1sc2c(c1C)C(c1ccc(Cl)cc1F)=NC(CC(=O)O)c1nnc(C)n1-2. The first kappa shape index (κ1) is 18.8. The number of thiophene rings is 1. The minimum absolute atomic E-state index is 0.274. The van der Waals surface area contributed by atoms with Crippen molar-refractivity contribution in [3.8, 4) is 5.00 Å². The van der Waals surface area contributed by atoms with Gasteiger partial charge < -0.3 is 5.11 Å². The lowest BCUT2D eigenvalue weighted by atomic mass is 9.99. The molecule has 1 N–H and O–H groups in total. The van der Waals surface area contributed by atoms with Crippen LogP contribution in [0.2, 0.25) is 5.02 Å². The second-order valence-corrected chi connectivity index (χ2v) is 8.26. The number of benzene rings is 1. The monoisotopic (exact) mass is 418 g/mol. The molecule has 9 heteroatoms. The molecule has 0 bridgehead atoms. The maximum Gasteiger partial charge on any atom is 0.306 e. The van der Waals surface area contributed by atoms with E-state index in [-0.39, 0.29) is 17.0 Å². The highest BCUT2D eigenvalue weighted by atomic mass is 35.5.